The molecule has 12 heavy (non-hydrogen) atoms. The van der Waals surface area contributed by atoms with Crippen LogP contribution in [0.4, 0.5) is 5.82 Å². The molecule has 1 aromatic rings. The van der Waals surface area contributed by atoms with Crippen LogP contribution in [0.25, 0.3) is 0 Å². The van der Waals surface area contributed by atoms with Crippen LogP contribution in [0.3, 0.4) is 0 Å². The summed E-state index contributed by atoms with van der Waals surface area (Å²) in [6.45, 7) is 2.23. The zero-order valence-electron chi connectivity index (χ0n) is 7.46. The first kappa shape index (κ1) is 7.53. The zero-order chi connectivity index (χ0) is 8.60. The van der Waals surface area contributed by atoms with E-state index in [1.807, 2.05) is 13.1 Å². The Morgan fingerprint density at radius 3 is 2.50 bits per heavy atom. The third kappa shape index (κ3) is 1.15. The van der Waals surface area contributed by atoms with Crippen molar-refractivity contribution in [1.29, 1.82) is 0 Å². The molecule has 0 spiro atoms. The van der Waals surface area contributed by atoms with Crippen LogP contribution >= 0.6 is 0 Å². The summed E-state index contributed by atoms with van der Waals surface area (Å²) in [4.78, 5) is 0. The second-order valence-electron chi connectivity index (χ2n) is 3.61. The quantitative estimate of drug-likeness (QED) is 0.719. The largest absolute Gasteiger partial charge is 0.372 e. The van der Waals surface area contributed by atoms with E-state index in [0.717, 1.165) is 11.5 Å². The number of anilines is 1. The highest BCUT2D eigenvalue weighted by Gasteiger charge is 2.40. The lowest BCUT2D eigenvalue weighted by Gasteiger charge is -2.06. The van der Waals surface area contributed by atoms with Crippen LogP contribution in [0.2, 0.25) is 0 Å². The molecule has 1 aliphatic rings. The SMILES string of the molecule is CNc1ccc(C2(C)CC2)nn1. The van der Waals surface area contributed by atoms with E-state index in [1.54, 1.807) is 0 Å². The molecule has 64 valence electrons. The van der Waals surface area contributed by atoms with Gasteiger partial charge in [-0.05, 0) is 25.0 Å². The first-order chi connectivity index (χ1) is 5.74. The van der Waals surface area contributed by atoms with Crippen molar-refractivity contribution >= 4 is 5.82 Å². The van der Waals surface area contributed by atoms with Crippen LogP contribution < -0.4 is 5.32 Å². The Kier molecular flexibility index (Phi) is 1.53. The van der Waals surface area contributed by atoms with Gasteiger partial charge < -0.3 is 5.32 Å². The monoisotopic (exact) mass is 163 g/mol. The van der Waals surface area contributed by atoms with E-state index in [1.165, 1.54) is 12.8 Å². The van der Waals surface area contributed by atoms with Crippen LogP contribution in [0.5, 0.6) is 0 Å². The predicted octanol–water partition coefficient (Wildman–Crippen LogP) is 1.57. The predicted molar refractivity (Wildman–Crippen MR) is 48.2 cm³/mol. The van der Waals surface area contributed by atoms with Gasteiger partial charge in [-0.3, -0.25) is 0 Å². The highest BCUT2D eigenvalue weighted by molar-refractivity contribution is 5.34. The number of hydrogen-bond donors (Lipinski definition) is 1. The summed E-state index contributed by atoms with van der Waals surface area (Å²) in [5, 5.41) is 11.2. The topological polar surface area (TPSA) is 37.8 Å². The molecule has 0 bridgehead atoms. The Morgan fingerprint density at radius 1 is 1.33 bits per heavy atom. The summed E-state index contributed by atoms with van der Waals surface area (Å²) >= 11 is 0. The number of rotatable bonds is 2. The lowest BCUT2D eigenvalue weighted by atomic mass is 10.1. The van der Waals surface area contributed by atoms with Crippen LogP contribution in [-0.2, 0) is 5.41 Å². The molecule has 1 aliphatic carbocycles. The van der Waals surface area contributed by atoms with E-state index in [2.05, 4.69) is 28.5 Å². The molecular formula is C9H13N3. The minimum Gasteiger partial charge on any atom is -0.372 e. The second-order valence-corrected chi connectivity index (χ2v) is 3.61. The average Bonchev–Trinajstić information content (AvgIpc) is 2.85. The fraction of sp³-hybridized carbons (Fsp3) is 0.556. The molecule has 1 N–H and O–H groups in total. The summed E-state index contributed by atoms with van der Waals surface area (Å²) in [7, 11) is 1.85. The van der Waals surface area contributed by atoms with Crippen molar-refractivity contribution in [2.24, 2.45) is 0 Å². The minimum absolute atomic E-state index is 0.333. The smallest absolute Gasteiger partial charge is 0.148 e. The molecule has 0 aromatic carbocycles. The third-order valence-corrected chi connectivity index (χ3v) is 2.54. The summed E-state index contributed by atoms with van der Waals surface area (Å²) < 4.78 is 0. The van der Waals surface area contributed by atoms with E-state index in [9.17, 15) is 0 Å². The number of hydrogen-bond acceptors (Lipinski definition) is 3. The average molecular weight is 163 g/mol. The Labute approximate surface area is 72.2 Å². The summed E-state index contributed by atoms with van der Waals surface area (Å²) in [6.07, 6.45) is 2.50. The van der Waals surface area contributed by atoms with Crippen molar-refractivity contribution in [3.8, 4) is 0 Å². The fourth-order valence-corrected chi connectivity index (χ4v) is 1.23. The third-order valence-electron chi connectivity index (χ3n) is 2.54. The van der Waals surface area contributed by atoms with Crippen LogP contribution in [0, 0.1) is 0 Å². The Balaban J connectivity index is 2.25. The standard InChI is InChI=1S/C9H13N3/c1-9(5-6-9)7-3-4-8(10-2)12-11-7/h3-4H,5-6H2,1-2H3,(H,10,12). The molecule has 0 amide bonds. The van der Waals surface area contributed by atoms with Gasteiger partial charge in [-0.2, -0.15) is 5.10 Å². The van der Waals surface area contributed by atoms with Crippen molar-refractivity contribution in [2.75, 3.05) is 12.4 Å². The number of aromatic nitrogens is 2. The molecular weight excluding hydrogens is 150 g/mol. The highest BCUT2D eigenvalue weighted by atomic mass is 15.2. The molecule has 1 saturated carbocycles. The number of nitrogens with one attached hydrogen (secondary N) is 1. The van der Waals surface area contributed by atoms with Gasteiger partial charge in [0.25, 0.3) is 0 Å². The van der Waals surface area contributed by atoms with E-state index in [-0.39, 0.29) is 0 Å². The van der Waals surface area contributed by atoms with Gasteiger partial charge in [0, 0.05) is 12.5 Å². The molecule has 2 rings (SSSR count). The Hall–Kier alpha value is -1.12. The molecule has 1 aromatic heterocycles. The molecule has 0 unspecified atom stereocenters. The summed E-state index contributed by atoms with van der Waals surface area (Å²) in [5.41, 5.74) is 1.46. The maximum atomic E-state index is 4.17. The number of nitrogens with zero attached hydrogens (tertiary/aromatic N) is 2. The first-order valence-electron chi connectivity index (χ1n) is 4.27. The Bertz CT molecular complexity index is 274. The van der Waals surface area contributed by atoms with Crippen molar-refractivity contribution in [3.63, 3.8) is 0 Å². The maximum Gasteiger partial charge on any atom is 0.148 e. The lowest BCUT2D eigenvalue weighted by molar-refractivity contribution is 0.724. The normalized spacial score (nSPS) is 18.8. The molecule has 0 radical (unpaired) electrons. The van der Waals surface area contributed by atoms with Crippen LogP contribution in [0.1, 0.15) is 25.5 Å². The van der Waals surface area contributed by atoms with Gasteiger partial charge in [0.1, 0.15) is 5.82 Å². The maximum absolute atomic E-state index is 4.17. The molecule has 0 aliphatic heterocycles. The lowest BCUT2D eigenvalue weighted by Crippen LogP contribution is -2.05. The minimum atomic E-state index is 0.333. The van der Waals surface area contributed by atoms with Gasteiger partial charge in [-0.15, -0.1) is 5.10 Å². The van der Waals surface area contributed by atoms with Crippen LogP contribution in [-0.4, -0.2) is 17.2 Å². The zero-order valence-corrected chi connectivity index (χ0v) is 7.46. The van der Waals surface area contributed by atoms with E-state index >= 15 is 0 Å². The summed E-state index contributed by atoms with van der Waals surface area (Å²) in [6, 6.07) is 4.04. The Morgan fingerprint density at radius 2 is 2.08 bits per heavy atom. The van der Waals surface area contributed by atoms with Crippen molar-refractivity contribution in [1.82, 2.24) is 10.2 Å². The highest BCUT2D eigenvalue weighted by Crippen LogP contribution is 2.46. The molecule has 0 atom stereocenters. The van der Waals surface area contributed by atoms with Gasteiger partial charge in [0.05, 0.1) is 5.69 Å². The molecule has 0 saturated heterocycles. The molecule has 3 nitrogen and oxygen atoms in total. The van der Waals surface area contributed by atoms with Gasteiger partial charge in [0.15, 0.2) is 0 Å². The molecule has 1 heterocycles. The second kappa shape index (κ2) is 2.44. The van der Waals surface area contributed by atoms with Crippen molar-refractivity contribution < 1.29 is 0 Å². The van der Waals surface area contributed by atoms with Gasteiger partial charge in [-0.25, -0.2) is 0 Å². The molecule has 1 fully saturated rings. The first-order valence-corrected chi connectivity index (χ1v) is 4.27. The summed E-state index contributed by atoms with van der Waals surface area (Å²) in [5.74, 6) is 0.836. The van der Waals surface area contributed by atoms with Crippen molar-refractivity contribution in [3.05, 3.63) is 17.8 Å². The van der Waals surface area contributed by atoms with Gasteiger partial charge in [-0.1, -0.05) is 6.92 Å². The van der Waals surface area contributed by atoms with Crippen molar-refractivity contribution in [2.45, 2.75) is 25.2 Å². The van der Waals surface area contributed by atoms with E-state index in [0.29, 0.717) is 5.41 Å². The van der Waals surface area contributed by atoms with Crippen LogP contribution in [0.15, 0.2) is 12.1 Å². The van der Waals surface area contributed by atoms with E-state index < -0.39 is 0 Å². The van der Waals surface area contributed by atoms with Gasteiger partial charge in [0.2, 0.25) is 0 Å². The van der Waals surface area contributed by atoms with E-state index in [4.69, 9.17) is 0 Å². The fourth-order valence-electron chi connectivity index (χ4n) is 1.23. The van der Waals surface area contributed by atoms with Gasteiger partial charge >= 0.3 is 0 Å². The molecule has 3 heteroatoms.